The average molecular weight is 417 g/mol. The number of nitrogens with one attached hydrogen (secondary N) is 1. The Balaban J connectivity index is 1.63. The average Bonchev–Trinajstić information content (AvgIpc) is 3.22. The van der Waals surface area contributed by atoms with Crippen molar-refractivity contribution in [3.05, 3.63) is 58.7 Å². The molecule has 6 nitrogen and oxygen atoms in total. The molecule has 3 rings (SSSR count). The fourth-order valence-corrected chi connectivity index (χ4v) is 5.01. The molecule has 1 heterocycles. The molecule has 0 radical (unpaired) electrons. The van der Waals surface area contributed by atoms with Crippen molar-refractivity contribution in [3.63, 3.8) is 0 Å². The first-order valence-corrected chi connectivity index (χ1v) is 11.3. The molecule has 1 aliphatic heterocycles. The standard InChI is InChI=1S/C22H28N2O4S/c1-16-6-9-21(18(3)14-16)28-13-10-23-22(25)20-15-19(8-7-17(20)2)29(26,27)24-11-4-5-12-24/h6-9,14-15H,4-5,10-13H2,1-3H3,(H,23,25). The van der Waals surface area contributed by atoms with E-state index >= 15 is 0 Å². The number of sulfonamides is 1. The van der Waals surface area contributed by atoms with Crippen LogP contribution >= 0.6 is 0 Å². The van der Waals surface area contributed by atoms with Crippen LogP contribution in [0.25, 0.3) is 0 Å². The van der Waals surface area contributed by atoms with Gasteiger partial charge in [0.25, 0.3) is 5.91 Å². The number of ether oxygens (including phenoxy) is 1. The van der Waals surface area contributed by atoms with E-state index in [0.29, 0.717) is 31.8 Å². The lowest BCUT2D eigenvalue weighted by Gasteiger charge is -2.17. The highest BCUT2D eigenvalue weighted by molar-refractivity contribution is 7.89. The van der Waals surface area contributed by atoms with Crippen LogP contribution in [-0.4, -0.2) is 44.9 Å². The summed E-state index contributed by atoms with van der Waals surface area (Å²) in [7, 11) is -3.55. The van der Waals surface area contributed by atoms with Gasteiger partial charge in [0, 0.05) is 18.7 Å². The maximum atomic E-state index is 12.8. The van der Waals surface area contributed by atoms with Crippen LogP contribution in [0.2, 0.25) is 0 Å². The SMILES string of the molecule is Cc1ccc(OCCNC(=O)c2cc(S(=O)(=O)N3CCCC3)ccc2C)c(C)c1. The Bertz CT molecular complexity index is 996. The third-order valence-electron chi connectivity index (χ3n) is 5.13. The van der Waals surface area contributed by atoms with Gasteiger partial charge in [-0.2, -0.15) is 4.31 Å². The highest BCUT2D eigenvalue weighted by Crippen LogP contribution is 2.23. The summed E-state index contributed by atoms with van der Waals surface area (Å²) in [6, 6.07) is 10.7. The zero-order valence-electron chi connectivity index (χ0n) is 17.2. The fourth-order valence-electron chi connectivity index (χ4n) is 3.47. The maximum absolute atomic E-state index is 12.8. The summed E-state index contributed by atoms with van der Waals surface area (Å²) in [5.41, 5.74) is 3.32. The van der Waals surface area contributed by atoms with Crippen LogP contribution < -0.4 is 10.1 Å². The van der Waals surface area contributed by atoms with Crippen LogP contribution in [-0.2, 0) is 10.0 Å². The number of carbonyl (C=O) groups is 1. The predicted molar refractivity (Wildman–Crippen MR) is 113 cm³/mol. The van der Waals surface area contributed by atoms with E-state index in [9.17, 15) is 13.2 Å². The molecule has 0 unspecified atom stereocenters. The van der Waals surface area contributed by atoms with Gasteiger partial charge in [0.05, 0.1) is 11.4 Å². The number of hydrogen-bond acceptors (Lipinski definition) is 4. The largest absolute Gasteiger partial charge is 0.491 e. The second kappa shape index (κ2) is 8.97. The van der Waals surface area contributed by atoms with E-state index in [-0.39, 0.29) is 10.8 Å². The van der Waals surface area contributed by atoms with Gasteiger partial charge < -0.3 is 10.1 Å². The van der Waals surface area contributed by atoms with E-state index < -0.39 is 10.0 Å². The molecule has 2 aromatic carbocycles. The zero-order valence-corrected chi connectivity index (χ0v) is 18.0. The van der Waals surface area contributed by atoms with E-state index in [0.717, 1.165) is 29.7 Å². The van der Waals surface area contributed by atoms with E-state index in [4.69, 9.17) is 4.74 Å². The van der Waals surface area contributed by atoms with E-state index in [1.165, 1.54) is 15.9 Å². The quantitative estimate of drug-likeness (QED) is 0.704. The summed E-state index contributed by atoms with van der Waals surface area (Å²) >= 11 is 0. The van der Waals surface area contributed by atoms with Crippen molar-refractivity contribution in [2.75, 3.05) is 26.2 Å². The lowest BCUT2D eigenvalue weighted by atomic mass is 10.1. The molecule has 0 bridgehead atoms. The second-order valence-corrected chi connectivity index (χ2v) is 9.40. The third kappa shape index (κ3) is 4.97. The first kappa shape index (κ1) is 21.3. The highest BCUT2D eigenvalue weighted by atomic mass is 32.2. The lowest BCUT2D eigenvalue weighted by Crippen LogP contribution is -2.30. The topological polar surface area (TPSA) is 75.7 Å². The molecule has 1 N–H and O–H groups in total. The van der Waals surface area contributed by atoms with Crippen LogP contribution in [0.15, 0.2) is 41.3 Å². The molecule has 1 saturated heterocycles. The first-order valence-electron chi connectivity index (χ1n) is 9.88. The van der Waals surface area contributed by atoms with Crippen LogP contribution in [0.4, 0.5) is 0 Å². The Morgan fingerprint density at radius 2 is 1.76 bits per heavy atom. The predicted octanol–water partition coefficient (Wildman–Crippen LogP) is 3.21. The van der Waals surface area contributed by atoms with Crippen LogP contribution in [0.1, 0.15) is 39.9 Å². The van der Waals surface area contributed by atoms with Crippen molar-refractivity contribution < 1.29 is 17.9 Å². The minimum atomic E-state index is -3.55. The molecule has 0 aromatic heterocycles. The molecule has 2 aromatic rings. The van der Waals surface area contributed by atoms with Crippen molar-refractivity contribution in [1.29, 1.82) is 0 Å². The van der Waals surface area contributed by atoms with Crippen molar-refractivity contribution in [2.24, 2.45) is 0 Å². The monoisotopic (exact) mass is 416 g/mol. The van der Waals surface area contributed by atoms with Crippen LogP contribution in [0.3, 0.4) is 0 Å². The zero-order chi connectivity index (χ0) is 21.0. The molecular formula is C22H28N2O4S. The van der Waals surface area contributed by atoms with Crippen molar-refractivity contribution >= 4 is 15.9 Å². The second-order valence-electron chi connectivity index (χ2n) is 7.46. The van der Waals surface area contributed by atoms with Gasteiger partial charge in [0.1, 0.15) is 12.4 Å². The first-order chi connectivity index (χ1) is 13.8. The van der Waals surface area contributed by atoms with E-state index in [2.05, 4.69) is 5.32 Å². The summed E-state index contributed by atoms with van der Waals surface area (Å²) in [6.07, 6.45) is 1.75. The molecule has 0 aliphatic carbocycles. The number of carbonyl (C=O) groups excluding carboxylic acids is 1. The van der Waals surface area contributed by atoms with Gasteiger partial charge in [-0.3, -0.25) is 4.79 Å². The molecule has 156 valence electrons. The van der Waals surface area contributed by atoms with Gasteiger partial charge in [-0.15, -0.1) is 0 Å². The minimum absolute atomic E-state index is 0.168. The van der Waals surface area contributed by atoms with Crippen molar-refractivity contribution in [1.82, 2.24) is 9.62 Å². The van der Waals surface area contributed by atoms with Gasteiger partial charge in [-0.1, -0.05) is 23.8 Å². The van der Waals surface area contributed by atoms with Gasteiger partial charge in [-0.05, 0) is 62.9 Å². The summed E-state index contributed by atoms with van der Waals surface area (Å²) in [4.78, 5) is 12.8. The molecular weight excluding hydrogens is 388 g/mol. The Labute approximate surface area is 172 Å². The minimum Gasteiger partial charge on any atom is -0.491 e. The van der Waals surface area contributed by atoms with E-state index in [1.54, 1.807) is 19.1 Å². The van der Waals surface area contributed by atoms with Crippen molar-refractivity contribution in [2.45, 2.75) is 38.5 Å². The smallest absolute Gasteiger partial charge is 0.251 e. The van der Waals surface area contributed by atoms with Gasteiger partial charge >= 0.3 is 0 Å². The number of benzene rings is 2. The fraction of sp³-hybridized carbons (Fsp3) is 0.409. The molecule has 1 aliphatic rings. The molecule has 0 spiro atoms. The Hall–Kier alpha value is -2.38. The number of rotatable bonds is 7. The summed E-state index contributed by atoms with van der Waals surface area (Å²) in [5, 5.41) is 2.82. The van der Waals surface area contributed by atoms with Crippen LogP contribution in [0, 0.1) is 20.8 Å². The summed E-state index contributed by atoms with van der Waals surface area (Å²) in [6.45, 7) is 7.54. The summed E-state index contributed by atoms with van der Waals surface area (Å²) in [5.74, 6) is 0.491. The number of hydrogen-bond donors (Lipinski definition) is 1. The molecule has 0 saturated carbocycles. The normalized spacial score (nSPS) is 14.7. The molecule has 1 amide bonds. The maximum Gasteiger partial charge on any atom is 0.251 e. The third-order valence-corrected chi connectivity index (χ3v) is 7.03. The van der Waals surface area contributed by atoms with Gasteiger partial charge in [-0.25, -0.2) is 8.42 Å². The van der Waals surface area contributed by atoms with E-state index in [1.807, 2.05) is 32.0 Å². The Morgan fingerprint density at radius 3 is 2.45 bits per heavy atom. The number of nitrogens with zero attached hydrogens (tertiary/aromatic N) is 1. The molecule has 7 heteroatoms. The van der Waals surface area contributed by atoms with Gasteiger partial charge in [0.2, 0.25) is 10.0 Å². The molecule has 1 fully saturated rings. The van der Waals surface area contributed by atoms with Gasteiger partial charge in [0.15, 0.2) is 0 Å². The molecule has 0 atom stereocenters. The molecule has 29 heavy (non-hydrogen) atoms. The van der Waals surface area contributed by atoms with Crippen LogP contribution in [0.5, 0.6) is 5.75 Å². The lowest BCUT2D eigenvalue weighted by molar-refractivity contribution is 0.0946. The highest BCUT2D eigenvalue weighted by Gasteiger charge is 2.28. The Kier molecular flexibility index (Phi) is 6.59. The number of amides is 1. The summed E-state index contributed by atoms with van der Waals surface area (Å²) < 4.78 is 32.8. The number of aryl methyl sites for hydroxylation is 3. The Morgan fingerprint density at radius 1 is 1.03 bits per heavy atom. The van der Waals surface area contributed by atoms with Crippen molar-refractivity contribution in [3.8, 4) is 5.75 Å².